The van der Waals surface area contributed by atoms with E-state index in [1.54, 1.807) is 6.92 Å². The maximum Gasteiger partial charge on any atom is 0.174 e. The number of carbonyl (C=O) groups is 2. The smallest absolute Gasteiger partial charge is 0.174 e. The minimum Gasteiger partial charge on any atom is -0.300 e. The molecule has 4 rings (SSSR count). The van der Waals surface area contributed by atoms with Crippen molar-refractivity contribution in [2.45, 2.75) is 72.1 Å². The number of allylic oxidation sites excluding steroid dienone is 1. The summed E-state index contributed by atoms with van der Waals surface area (Å²) in [6, 6.07) is 0. The maximum absolute atomic E-state index is 12.2. The molecule has 0 unspecified atom stereocenters. The van der Waals surface area contributed by atoms with Gasteiger partial charge in [-0.3, -0.25) is 9.59 Å². The van der Waals surface area contributed by atoms with Gasteiger partial charge in [0.15, 0.2) is 5.78 Å². The van der Waals surface area contributed by atoms with Crippen molar-refractivity contribution in [1.82, 2.24) is 0 Å². The predicted octanol–water partition coefficient (Wildman–Crippen LogP) is 5.29. The Morgan fingerprint density at radius 2 is 1.79 bits per heavy atom. The molecule has 0 heterocycles. The summed E-state index contributed by atoms with van der Waals surface area (Å²) in [6.45, 7) is 6.55. The number of fused-ring (bicyclic) bond motifs is 5. The van der Waals surface area contributed by atoms with Crippen LogP contribution in [0.15, 0.2) is 10.6 Å². The van der Waals surface area contributed by atoms with Gasteiger partial charge in [-0.15, -0.1) is 0 Å². The van der Waals surface area contributed by atoms with Gasteiger partial charge in [0.1, 0.15) is 5.78 Å². The monoisotopic (exact) mass is 348 g/mol. The van der Waals surface area contributed by atoms with Crippen LogP contribution in [0.1, 0.15) is 72.1 Å². The molecule has 0 spiro atoms. The van der Waals surface area contributed by atoms with Crippen LogP contribution in [0, 0.1) is 34.5 Å². The molecule has 2 nitrogen and oxygen atoms in total. The van der Waals surface area contributed by atoms with E-state index < -0.39 is 0 Å². The van der Waals surface area contributed by atoms with Crippen molar-refractivity contribution in [3.63, 3.8) is 0 Å². The van der Waals surface area contributed by atoms with Crippen LogP contribution in [0.2, 0.25) is 0 Å². The normalized spacial score (nSPS) is 47.9. The molecule has 0 aliphatic heterocycles. The number of ketones is 2. The number of hydrogen-bond acceptors (Lipinski definition) is 2. The molecule has 4 aliphatic rings. The molecule has 24 heavy (non-hydrogen) atoms. The maximum atomic E-state index is 12.2. The Morgan fingerprint density at radius 3 is 2.50 bits per heavy atom. The van der Waals surface area contributed by atoms with E-state index in [0.717, 1.165) is 32.1 Å². The first-order valence-electron chi connectivity index (χ1n) is 9.72. The van der Waals surface area contributed by atoms with Crippen molar-refractivity contribution in [1.29, 1.82) is 0 Å². The van der Waals surface area contributed by atoms with Crippen LogP contribution in [0.3, 0.4) is 0 Å². The third-order valence-electron chi connectivity index (χ3n) is 8.54. The van der Waals surface area contributed by atoms with E-state index in [1.807, 2.05) is 0 Å². The molecule has 0 aromatic rings. The zero-order chi connectivity index (χ0) is 17.3. The second kappa shape index (κ2) is 5.43. The van der Waals surface area contributed by atoms with Gasteiger partial charge in [-0.1, -0.05) is 25.4 Å². The number of carbonyl (C=O) groups excluding carboxylic acids is 2. The van der Waals surface area contributed by atoms with E-state index in [0.29, 0.717) is 35.0 Å². The van der Waals surface area contributed by atoms with Crippen molar-refractivity contribution in [2.75, 3.05) is 0 Å². The summed E-state index contributed by atoms with van der Waals surface area (Å²) in [7, 11) is 0. The van der Waals surface area contributed by atoms with Gasteiger partial charge in [-0.2, -0.15) is 0 Å². The van der Waals surface area contributed by atoms with Crippen molar-refractivity contribution >= 4 is 23.2 Å². The lowest BCUT2D eigenvalue weighted by molar-refractivity contribution is -0.128. The lowest BCUT2D eigenvalue weighted by Crippen LogP contribution is -2.51. The van der Waals surface area contributed by atoms with Gasteiger partial charge in [-0.25, -0.2) is 0 Å². The van der Waals surface area contributed by atoms with Gasteiger partial charge in [-0.05, 0) is 86.0 Å². The zero-order valence-electron chi connectivity index (χ0n) is 15.2. The van der Waals surface area contributed by atoms with Gasteiger partial charge >= 0.3 is 0 Å². The SMILES string of the molecule is CC(=O)[C@H]1CC[C@H]2[C@@H]3CCC4=C(Cl)C(=O)CC[C@]4(C)[C@H]3CC[C@]12C. The first-order valence-corrected chi connectivity index (χ1v) is 10.1. The summed E-state index contributed by atoms with van der Waals surface area (Å²) >= 11 is 6.45. The Kier molecular flexibility index (Phi) is 3.81. The van der Waals surface area contributed by atoms with Crippen LogP contribution in [-0.4, -0.2) is 11.6 Å². The fourth-order valence-electron chi connectivity index (χ4n) is 7.32. The Morgan fingerprint density at radius 1 is 1.04 bits per heavy atom. The Hall–Kier alpha value is -0.630. The minimum atomic E-state index is 0.115. The summed E-state index contributed by atoms with van der Waals surface area (Å²) in [5.41, 5.74) is 1.58. The number of rotatable bonds is 1. The van der Waals surface area contributed by atoms with Crippen molar-refractivity contribution < 1.29 is 9.59 Å². The average molecular weight is 349 g/mol. The first kappa shape index (κ1) is 16.8. The molecule has 0 amide bonds. The Balaban J connectivity index is 1.69. The molecule has 0 bridgehead atoms. The van der Waals surface area contributed by atoms with Crippen molar-refractivity contribution in [3.05, 3.63) is 10.6 Å². The van der Waals surface area contributed by atoms with E-state index in [4.69, 9.17) is 11.6 Å². The number of halogens is 1. The second-order valence-corrected chi connectivity index (χ2v) is 9.71. The van der Waals surface area contributed by atoms with Gasteiger partial charge in [0.25, 0.3) is 0 Å². The quantitative estimate of drug-likeness (QED) is 0.645. The van der Waals surface area contributed by atoms with Crippen LogP contribution in [0.5, 0.6) is 0 Å². The predicted molar refractivity (Wildman–Crippen MR) is 95.7 cm³/mol. The van der Waals surface area contributed by atoms with E-state index >= 15 is 0 Å². The molecule has 6 atom stereocenters. The average Bonchev–Trinajstić information content (AvgIpc) is 2.89. The summed E-state index contributed by atoms with van der Waals surface area (Å²) in [4.78, 5) is 24.2. The fraction of sp³-hybridized carbons (Fsp3) is 0.810. The van der Waals surface area contributed by atoms with E-state index in [2.05, 4.69) is 13.8 Å². The number of hydrogen-bond donors (Lipinski definition) is 0. The summed E-state index contributed by atoms with van der Waals surface area (Å²) in [5, 5.41) is 0.559. The third kappa shape index (κ3) is 2.08. The molecule has 0 saturated heterocycles. The molecule has 0 N–H and O–H groups in total. The minimum absolute atomic E-state index is 0.115. The summed E-state index contributed by atoms with van der Waals surface area (Å²) in [6.07, 6.45) is 8.38. The molecule has 4 aliphatic carbocycles. The molecule has 0 radical (unpaired) electrons. The number of Topliss-reactive ketones (excluding diaryl/α,β-unsaturated/α-hetero) is 2. The molecule has 3 heteroatoms. The van der Waals surface area contributed by atoms with Crippen molar-refractivity contribution in [3.8, 4) is 0 Å². The van der Waals surface area contributed by atoms with Crippen LogP contribution >= 0.6 is 11.6 Å². The fourth-order valence-corrected chi connectivity index (χ4v) is 7.72. The molecular weight excluding hydrogens is 320 g/mol. The summed E-state index contributed by atoms with van der Waals surface area (Å²) < 4.78 is 0. The molecule has 0 aromatic carbocycles. The molecule has 3 saturated carbocycles. The van der Waals surface area contributed by atoms with Gasteiger partial charge in [0.05, 0.1) is 5.03 Å². The van der Waals surface area contributed by atoms with E-state index in [-0.39, 0.29) is 22.5 Å². The molecular formula is C21H29ClO2. The highest BCUT2D eigenvalue weighted by Gasteiger charge is 2.60. The molecule has 0 aromatic heterocycles. The highest BCUT2D eigenvalue weighted by Crippen LogP contribution is 2.67. The van der Waals surface area contributed by atoms with Crippen molar-refractivity contribution in [2.24, 2.45) is 34.5 Å². The van der Waals surface area contributed by atoms with Gasteiger partial charge in [0, 0.05) is 12.3 Å². The summed E-state index contributed by atoms with van der Waals surface area (Å²) in [5.74, 6) is 2.85. The largest absolute Gasteiger partial charge is 0.300 e. The Bertz CT molecular complexity index is 636. The third-order valence-corrected chi connectivity index (χ3v) is 8.98. The highest BCUT2D eigenvalue weighted by molar-refractivity contribution is 6.43. The highest BCUT2D eigenvalue weighted by atomic mass is 35.5. The lowest BCUT2D eigenvalue weighted by atomic mass is 9.46. The van der Waals surface area contributed by atoms with Crippen LogP contribution < -0.4 is 0 Å². The lowest BCUT2D eigenvalue weighted by Gasteiger charge is -2.58. The zero-order valence-corrected chi connectivity index (χ0v) is 15.9. The standard InChI is InChI=1S/C21H29ClO2/c1-12(23)14-6-7-15-13-4-5-17-19(22)18(24)9-11-21(17,3)16(13)8-10-20(14,15)2/h13-16H,4-11H2,1-3H3/t13-,14+,15-,16-,20+,21+/m0/s1. The topological polar surface area (TPSA) is 34.1 Å². The van der Waals surface area contributed by atoms with Gasteiger partial charge in [0.2, 0.25) is 0 Å². The molecule has 132 valence electrons. The van der Waals surface area contributed by atoms with Crippen LogP contribution in [-0.2, 0) is 9.59 Å². The van der Waals surface area contributed by atoms with Crippen LogP contribution in [0.4, 0.5) is 0 Å². The van der Waals surface area contributed by atoms with E-state index in [1.165, 1.54) is 18.4 Å². The van der Waals surface area contributed by atoms with Crippen LogP contribution in [0.25, 0.3) is 0 Å². The second-order valence-electron chi connectivity index (χ2n) is 9.33. The van der Waals surface area contributed by atoms with Gasteiger partial charge < -0.3 is 0 Å². The Labute approximate surface area is 150 Å². The molecule has 3 fully saturated rings. The first-order chi connectivity index (χ1) is 11.3. The van der Waals surface area contributed by atoms with E-state index in [9.17, 15) is 9.59 Å².